The summed E-state index contributed by atoms with van der Waals surface area (Å²) in [6, 6.07) is 1.30. The van der Waals surface area contributed by atoms with E-state index in [9.17, 15) is 9.59 Å². The van der Waals surface area contributed by atoms with Crippen molar-refractivity contribution in [1.82, 2.24) is 9.78 Å². The summed E-state index contributed by atoms with van der Waals surface area (Å²) >= 11 is 5.25. The van der Waals surface area contributed by atoms with Crippen molar-refractivity contribution in [2.24, 2.45) is 7.05 Å². The predicted octanol–water partition coefficient (Wildman–Crippen LogP) is 0.976. The topological polar surface area (TPSA) is 61.2 Å². The molecule has 0 fully saturated rings. The van der Waals surface area contributed by atoms with E-state index in [-0.39, 0.29) is 18.0 Å². The summed E-state index contributed by atoms with van der Waals surface area (Å²) in [5.41, 5.74) is 0.244. The number of esters is 1. The van der Waals surface area contributed by atoms with Gasteiger partial charge < -0.3 is 4.74 Å². The van der Waals surface area contributed by atoms with Crippen LogP contribution in [-0.4, -0.2) is 27.6 Å². The number of carbonyl (C=O) groups excluding carboxylic acids is 2. The van der Waals surface area contributed by atoms with Gasteiger partial charge in [-0.25, -0.2) is 4.79 Å². The van der Waals surface area contributed by atoms with Crippen LogP contribution in [0.15, 0.2) is 6.07 Å². The summed E-state index contributed by atoms with van der Waals surface area (Å²) < 4.78 is 5.94. The molecule has 1 aromatic heterocycles. The molecular weight excluding hydrogens is 208 g/mol. The van der Waals surface area contributed by atoms with E-state index in [1.807, 2.05) is 0 Å². The summed E-state index contributed by atoms with van der Waals surface area (Å²) in [6.45, 7) is 1.95. The van der Waals surface area contributed by atoms with Gasteiger partial charge in [-0.3, -0.25) is 9.48 Å². The molecular formula is C8H9ClN2O3. The normalized spacial score (nSPS) is 9.93. The Bertz CT molecular complexity index is 373. The van der Waals surface area contributed by atoms with Gasteiger partial charge in [-0.05, 0) is 18.5 Å². The van der Waals surface area contributed by atoms with Gasteiger partial charge >= 0.3 is 5.97 Å². The number of nitrogens with zero attached hydrogens (tertiary/aromatic N) is 2. The maximum atomic E-state index is 11.2. The SMILES string of the molecule is CCOC(=O)c1cc(C(=O)Cl)n(C)n1. The lowest BCUT2D eigenvalue weighted by Gasteiger charge is -1.95. The van der Waals surface area contributed by atoms with Gasteiger partial charge in [-0.2, -0.15) is 5.10 Å². The molecule has 0 aromatic carbocycles. The lowest BCUT2D eigenvalue weighted by Crippen LogP contribution is -2.06. The Hall–Kier alpha value is -1.36. The van der Waals surface area contributed by atoms with E-state index in [2.05, 4.69) is 5.10 Å². The zero-order valence-corrected chi connectivity index (χ0v) is 8.54. The third-order valence-corrected chi connectivity index (χ3v) is 1.76. The van der Waals surface area contributed by atoms with Crippen molar-refractivity contribution in [3.05, 3.63) is 17.5 Å². The highest BCUT2D eigenvalue weighted by atomic mass is 35.5. The van der Waals surface area contributed by atoms with E-state index in [0.29, 0.717) is 0 Å². The molecule has 76 valence electrons. The van der Waals surface area contributed by atoms with Crippen molar-refractivity contribution >= 4 is 22.8 Å². The zero-order valence-electron chi connectivity index (χ0n) is 7.78. The molecule has 0 spiro atoms. The number of hydrogen-bond donors (Lipinski definition) is 0. The summed E-state index contributed by atoms with van der Waals surface area (Å²) in [7, 11) is 1.53. The van der Waals surface area contributed by atoms with E-state index < -0.39 is 11.2 Å². The monoisotopic (exact) mass is 216 g/mol. The fourth-order valence-electron chi connectivity index (χ4n) is 0.956. The van der Waals surface area contributed by atoms with Crippen LogP contribution < -0.4 is 0 Å². The molecule has 1 aromatic rings. The van der Waals surface area contributed by atoms with Crippen molar-refractivity contribution in [3.8, 4) is 0 Å². The second-order valence-electron chi connectivity index (χ2n) is 2.53. The molecule has 0 aliphatic rings. The van der Waals surface area contributed by atoms with Crippen molar-refractivity contribution in [2.75, 3.05) is 6.61 Å². The van der Waals surface area contributed by atoms with Crippen molar-refractivity contribution in [3.63, 3.8) is 0 Å². The summed E-state index contributed by atoms with van der Waals surface area (Å²) in [4.78, 5) is 22.0. The van der Waals surface area contributed by atoms with Gasteiger partial charge in [-0.1, -0.05) is 0 Å². The van der Waals surface area contributed by atoms with Crippen LogP contribution >= 0.6 is 11.6 Å². The highest BCUT2D eigenvalue weighted by Gasteiger charge is 2.16. The lowest BCUT2D eigenvalue weighted by atomic mass is 10.4. The number of rotatable bonds is 3. The second kappa shape index (κ2) is 4.23. The molecule has 0 aliphatic carbocycles. The standard InChI is InChI=1S/C8H9ClN2O3/c1-3-14-8(13)5-4-6(7(9)12)11(2)10-5/h4H,3H2,1-2H3. The number of halogens is 1. The van der Waals surface area contributed by atoms with Crippen LogP contribution in [0.25, 0.3) is 0 Å². The quantitative estimate of drug-likeness (QED) is 0.558. The largest absolute Gasteiger partial charge is 0.461 e. The smallest absolute Gasteiger partial charge is 0.358 e. The second-order valence-corrected chi connectivity index (χ2v) is 2.88. The Morgan fingerprint density at radius 3 is 2.71 bits per heavy atom. The van der Waals surface area contributed by atoms with E-state index in [1.165, 1.54) is 17.8 Å². The van der Waals surface area contributed by atoms with Crippen LogP contribution in [0.1, 0.15) is 27.9 Å². The molecule has 0 amide bonds. The van der Waals surface area contributed by atoms with Gasteiger partial charge in [-0.15, -0.1) is 0 Å². The first-order chi connectivity index (χ1) is 6.56. The molecule has 0 radical (unpaired) electrons. The van der Waals surface area contributed by atoms with Crippen molar-refractivity contribution in [2.45, 2.75) is 6.92 Å². The van der Waals surface area contributed by atoms with Crippen LogP contribution in [0.3, 0.4) is 0 Å². The van der Waals surface area contributed by atoms with E-state index in [4.69, 9.17) is 16.3 Å². The fourth-order valence-corrected chi connectivity index (χ4v) is 1.13. The predicted molar refractivity (Wildman–Crippen MR) is 49.3 cm³/mol. The Balaban J connectivity index is 2.96. The van der Waals surface area contributed by atoms with Gasteiger partial charge in [0.1, 0.15) is 5.69 Å². The minimum absolute atomic E-state index is 0.0818. The average molecular weight is 217 g/mol. The van der Waals surface area contributed by atoms with Gasteiger partial charge in [0, 0.05) is 13.1 Å². The molecule has 1 heterocycles. The van der Waals surface area contributed by atoms with E-state index >= 15 is 0 Å². The molecule has 0 atom stereocenters. The summed E-state index contributed by atoms with van der Waals surface area (Å²) in [6.07, 6.45) is 0. The summed E-state index contributed by atoms with van der Waals surface area (Å²) in [5.74, 6) is -0.563. The first-order valence-electron chi connectivity index (χ1n) is 3.97. The van der Waals surface area contributed by atoms with Crippen LogP contribution in [-0.2, 0) is 11.8 Å². The number of aryl methyl sites for hydroxylation is 1. The highest BCUT2D eigenvalue weighted by Crippen LogP contribution is 2.07. The first-order valence-corrected chi connectivity index (χ1v) is 4.35. The Kier molecular flexibility index (Phi) is 3.24. The molecule has 0 aliphatic heterocycles. The number of aromatic nitrogens is 2. The van der Waals surface area contributed by atoms with Crippen molar-refractivity contribution in [1.29, 1.82) is 0 Å². The van der Waals surface area contributed by atoms with Gasteiger partial charge in [0.2, 0.25) is 0 Å². The van der Waals surface area contributed by atoms with Gasteiger partial charge in [0.15, 0.2) is 5.69 Å². The maximum absolute atomic E-state index is 11.2. The average Bonchev–Trinajstić information content (AvgIpc) is 2.48. The minimum Gasteiger partial charge on any atom is -0.461 e. The molecule has 1 rings (SSSR count). The molecule has 0 bridgehead atoms. The highest BCUT2D eigenvalue weighted by molar-refractivity contribution is 6.67. The third kappa shape index (κ3) is 2.11. The molecule has 14 heavy (non-hydrogen) atoms. The fraction of sp³-hybridized carbons (Fsp3) is 0.375. The number of hydrogen-bond acceptors (Lipinski definition) is 4. The minimum atomic E-state index is -0.657. The van der Waals surface area contributed by atoms with E-state index in [0.717, 1.165) is 0 Å². The van der Waals surface area contributed by atoms with E-state index in [1.54, 1.807) is 6.92 Å². The Labute approximate surface area is 85.6 Å². The zero-order chi connectivity index (χ0) is 10.7. The summed E-state index contributed by atoms with van der Waals surface area (Å²) in [5, 5.41) is 3.13. The first kappa shape index (κ1) is 10.7. The molecule has 0 saturated carbocycles. The van der Waals surface area contributed by atoms with Crippen LogP contribution in [0.2, 0.25) is 0 Å². The van der Waals surface area contributed by atoms with Crippen LogP contribution in [0.5, 0.6) is 0 Å². The van der Waals surface area contributed by atoms with Crippen LogP contribution in [0.4, 0.5) is 0 Å². The number of carbonyl (C=O) groups is 2. The lowest BCUT2D eigenvalue weighted by molar-refractivity contribution is 0.0518. The third-order valence-electron chi connectivity index (χ3n) is 1.57. The molecule has 6 heteroatoms. The van der Waals surface area contributed by atoms with Gasteiger partial charge in [0.25, 0.3) is 5.24 Å². The van der Waals surface area contributed by atoms with Crippen molar-refractivity contribution < 1.29 is 14.3 Å². The molecule has 0 saturated heterocycles. The Morgan fingerprint density at radius 2 is 2.29 bits per heavy atom. The van der Waals surface area contributed by atoms with Gasteiger partial charge in [0.05, 0.1) is 6.61 Å². The molecule has 0 unspecified atom stereocenters. The maximum Gasteiger partial charge on any atom is 0.358 e. The van der Waals surface area contributed by atoms with Crippen LogP contribution in [0, 0.1) is 0 Å². The number of ether oxygens (including phenoxy) is 1. The molecule has 5 nitrogen and oxygen atoms in total. The Morgan fingerprint density at radius 1 is 1.64 bits per heavy atom. The molecule has 0 N–H and O–H groups in total.